The Morgan fingerprint density at radius 1 is 0.481 bits per heavy atom. The third-order valence-corrected chi connectivity index (χ3v) is 11.6. The number of unbranched alkanes of at least 4 members (excludes halogenated alkanes) is 1. The summed E-state index contributed by atoms with van der Waals surface area (Å²) >= 11 is 0. The van der Waals surface area contributed by atoms with Gasteiger partial charge in [-0.15, -0.1) is 0 Å². The Morgan fingerprint density at radius 2 is 0.865 bits per heavy atom. The van der Waals surface area contributed by atoms with Gasteiger partial charge in [0.05, 0.1) is 10.8 Å². The van der Waals surface area contributed by atoms with Gasteiger partial charge < -0.3 is 10.6 Å². The normalized spacial score (nSPS) is 19.7. The molecule has 2 aliphatic rings. The Bertz CT molecular complexity index is 2230. The largest absolute Gasteiger partial charge is 0.361 e. The summed E-state index contributed by atoms with van der Waals surface area (Å²) < 4.78 is 4.83. The highest BCUT2D eigenvalue weighted by Gasteiger charge is 2.49. The first kappa shape index (κ1) is 33.4. The van der Waals surface area contributed by atoms with Crippen LogP contribution < -0.4 is 10.6 Å². The second-order valence-electron chi connectivity index (χ2n) is 14.8. The molecule has 0 saturated carbocycles. The van der Waals surface area contributed by atoms with Crippen molar-refractivity contribution in [2.24, 2.45) is 0 Å². The highest BCUT2D eigenvalue weighted by Crippen LogP contribution is 2.49. The zero-order valence-electron chi connectivity index (χ0n) is 30.7. The SMILES string of the molecule is C[N+]1=C(/C=C/Nc2ccccc2)C(C)(CCCCC2(C)C(/C=C/Nc3ccccc3)=[N+](C)c3ccc4ccccc4c32)c2c1ccc1ccccc21. The van der Waals surface area contributed by atoms with Gasteiger partial charge in [-0.3, -0.25) is 0 Å². The van der Waals surface area contributed by atoms with E-state index < -0.39 is 0 Å². The Labute approximate surface area is 308 Å². The zero-order chi connectivity index (χ0) is 35.7. The first-order chi connectivity index (χ1) is 25.4. The second kappa shape index (κ2) is 13.8. The topological polar surface area (TPSA) is 30.1 Å². The molecule has 2 N–H and O–H groups in total. The summed E-state index contributed by atoms with van der Waals surface area (Å²) in [5, 5.41) is 12.3. The first-order valence-electron chi connectivity index (χ1n) is 18.6. The molecule has 0 fully saturated rings. The molecule has 4 nitrogen and oxygen atoms in total. The Hall–Kier alpha value is -5.74. The van der Waals surface area contributed by atoms with Crippen LogP contribution in [0.4, 0.5) is 22.7 Å². The van der Waals surface area contributed by atoms with Gasteiger partial charge in [0, 0.05) is 59.2 Å². The molecule has 2 atom stereocenters. The van der Waals surface area contributed by atoms with Crippen molar-refractivity contribution in [1.82, 2.24) is 0 Å². The van der Waals surface area contributed by atoms with Gasteiger partial charge in [-0.2, -0.15) is 9.15 Å². The minimum absolute atomic E-state index is 0.149. The fourth-order valence-electron chi connectivity index (χ4n) is 9.05. The van der Waals surface area contributed by atoms with Crippen LogP contribution in [0.2, 0.25) is 0 Å². The van der Waals surface area contributed by atoms with Crippen molar-refractivity contribution in [2.75, 3.05) is 24.7 Å². The van der Waals surface area contributed by atoms with Crippen LogP contribution in [0.1, 0.15) is 50.7 Å². The van der Waals surface area contributed by atoms with Crippen molar-refractivity contribution in [3.05, 3.63) is 169 Å². The monoisotopic (exact) mass is 680 g/mol. The molecule has 258 valence electrons. The predicted molar refractivity (Wildman–Crippen MR) is 221 cm³/mol. The molecular weight excluding hydrogens is 633 g/mol. The lowest BCUT2D eigenvalue weighted by atomic mass is 9.71. The lowest BCUT2D eigenvalue weighted by Gasteiger charge is -2.26. The molecule has 6 aromatic carbocycles. The van der Waals surface area contributed by atoms with Gasteiger partial charge in [0.2, 0.25) is 11.4 Å². The number of anilines is 2. The summed E-state index contributed by atoms with van der Waals surface area (Å²) in [6, 6.07) is 47.8. The van der Waals surface area contributed by atoms with Crippen LogP contribution in [-0.4, -0.2) is 34.7 Å². The number of hydrogen-bond donors (Lipinski definition) is 2. The third kappa shape index (κ3) is 5.82. The van der Waals surface area contributed by atoms with Crippen molar-refractivity contribution in [3.8, 4) is 0 Å². The Kier molecular flexibility index (Phi) is 8.84. The van der Waals surface area contributed by atoms with E-state index in [0.29, 0.717) is 0 Å². The molecule has 0 aromatic heterocycles. The van der Waals surface area contributed by atoms with Gasteiger partial charge >= 0.3 is 0 Å². The van der Waals surface area contributed by atoms with Crippen LogP contribution in [0, 0.1) is 0 Å². The molecule has 8 rings (SSSR count). The number of fused-ring (bicyclic) bond motifs is 6. The molecule has 0 spiro atoms. The molecule has 2 unspecified atom stereocenters. The van der Waals surface area contributed by atoms with Gasteiger partial charge in [0.25, 0.3) is 0 Å². The van der Waals surface area contributed by atoms with Gasteiger partial charge in [0.1, 0.15) is 14.1 Å². The number of nitrogens with zero attached hydrogens (tertiary/aromatic N) is 2. The second-order valence-corrected chi connectivity index (χ2v) is 14.8. The van der Waals surface area contributed by atoms with E-state index in [1.165, 1.54) is 55.5 Å². The number of nitrogens with one attached hydrogen (secondary N) is 2. The minimum Gasteiger partial charge on any atom is -0.361 e. The molecule has 2 aliphatic heterocycles. The summed E-state index contributed by atoms with van der Waals surface area (Å²) in [5.41, 5.74) is 10.0. The molecule has 0 saturated heterocycles. The highest BCUT2D eigenvalue weighted by atomic mass is 15.0. The smallest absolute Gasteiger partial charge is 0.210 e. The molecular formula is C48H48N4+2. The summed E-state index contributed by atoms with van der Waals surface area (Å²) in [6.07, 6.45) is 13.1. The lowest BCUT2D eigenvalue weighted by Crippen LogP contribution is -2.32. The number of para-hydroxylation sites is 2. The van der Waals surface area contributed by atoms with Crippen molar-refractivity contribution in [1.29, 1.82) is 0 Å². The van der Waals surface area contributed by atoms with E-state index in [2.05, 4.69) is 206 Å². The summed E-state index contributed by atoms with van der Waals surface area (Å²) in [4.78, 5) is 0. The molecule has 0 aliphatic carbocycles. The van der Waals surface area contributed by atoms with Crippen LogP contribution >= 0.6 is 0 Å². The van der Waals surface area contributed by atoms with E-state index in [4.69, 9.17) is 0 Å². The summed E-state index contributed by atoms with van der Waals surface area (Å²) in [6.45, 7) is 4.93. The van der Waals surface area contributed by atoms with Gasteiger partial charge in [-0.25, -0.2) is 0 Å². The highest BCUT2D eigenvalue weighted by molar-refractivity contribution is 6.09. The van der Waals surface area contributed by atoms with Crippen LogP contribution in [0.3, 0.4) is 0 Å². The minimum atomic E-state index is -0.149. The molecule has 6 aromatic rings. The van der Waals surface area contributed by atoms with E-state index >= 15 is 0 Å². The maximum Gasteiger partial charge on any atom is 0.210 e. The van der Waals surface area contributed by atoms with Crippen LogP contribution in [-0.2, 0) is 10.8 Å². The molecule has 0 amide bonds. The average molecular weight is 681 g/mol. The van der Waals surface area contributed by atoms with Crippen LogP contribution in [0.5, 0.6) is 0 Å². The van der Waals surface area contributed by atoms with Crippen LogP contribution in [0.15, 0.2) is 158 Å². The number of allylic oxidation sites excluding steroid dienone is 2. The molecule has 2 heterocycles. The van der Waals surface area contributed by atoms with E-state index in [1.54, 1.807) is 0 Å². The summed E-state index contributed by atoms with van der Waals surface area (Å²) in [5.74, 6) is 0. The molecule has 0 radical (unpaired) electrons. The molecule has 4 heteroatoms. The fraction of sp³-hybridized carbons (Fsp3) is 0.208. The molecule has 0 bridgehead atoms. The Balaban J connectivity index is 1.11. The van der Waals surface area contributed by atoms with Crippen molar-refractivity contribution < 1.29 is 9.15 Å². The maximum absolute atomic E-state index is 3.52. The van der Waals surface area contributed by atoms with E-state index in [0.717, 1.165) is 37.1 Å². The quantitative estimate of drug-likeness (QED) is 0.105. The molecule has 52 heavy (non-hydrogen) atoms. The lowest BCUT2D eigenvalue weighted by molar-refractivity contribution is -0.401. The standard InChI is InChI=1S/C48H46N4/c1-47(43(29-33-49-37-19-7-5-8-20-37)51(3)41-27-25-35-17-11-13-23-39(35)45(41)47)31-15-16-32-48(2)44(30-34-50-38-21-9-6-10-22-38)52(4)42-28-26-36-18-12-14-24-40(36)46(42)48/h5-14,17-30,33-34H,15-16,31-32H2,1-4H3/p+2. The third-order valence-electron chi connectivity index (χ3n) is 11.6. The van der Waals surface area contributed by atoms with Gasteiger partial charge in [-0.05, 0) is 84.6 Å². The maximum atomic E-state index is 3.52. The van der Waals surface area contributed by atoms with Crippen LogP contribution in [0.25, 0.3) is 21.5 Å². The van der Waals surface area contributed by atoms with Gasteiger partial charge in [-0.1, -0.05) is 97.8 Å². The van der Waals surface area contributed by atoms with E-state index in [9.17, 15) is 0 Å². The van der Waals surface area contributed by atoms with E-state index in [-0.39, 0.29) is 10.8 Å². The number of hydrogen-bond acceptors (Lipinski definition) is 2. The number of rotatable bonds is 11. The first-order valence-corrected chi connectivity index (χ1v) is 18.6. The van der Waals surface area contributed by atoms with Gasteiger partial charge in [0.15, 0.2) is 11.4 Å². The van der Waals surface area contributed by atoms with Crippen molar-refractivity contribution in [2.45, 2.75) is 50.4 Å². The Morgan fingerprint density at radius 3 is 1.29 bits per heavy atom. The van der Waals surface area contributed by atoms with Crippen molar-refractivity contribution in [3.63, 3.8) is 0 Å². The number of benzene rings is 6. The average Bonchev–Trinajstić information content (AvgIpc) is 3.53. The summed E-state index contributed by atoms with van der Waals surface area (Å²) in [7, 11) is 4.46. The van der Waals surface area contributed by atoms with Crippen molar-refractivity contribution >= 4 is 55.7 Å². The predicted octanol–water partition coefficient (Wildman–Crippen LogP) is 11.5. The zero-order valence-corrected chi connectivity index (χ0v) is 30.7. The fourth-order valence-corrected chi connectivity index (χ4v) is 9.05. The van der Waals surface area contributed by atoms with E-state index in [1.807, 2.05) is 0 Å².